The first kappa shape index (κ1) is 15.1. The standard InChI is InChI=1S/C18H21NO2/c1-3-12-21-18-10-6-16(7-11-18)14-19-13-15-4-8-17(20-2)9-5-15/h3-11,19H,1,12-14H2,2H3. The second-order valence-electron chi connectivity index (χ2n) is 4.70. The lowest BCUT2D eigenvalue weighted by Crippen LogP contribution is -2.12. The molecule has 0 aliphatic heterocycles. The van der Waals surface area contributed by atoms with Crippen LogP contribution in [0.25, 0.3) is 0 Å². The number of rotatable bonds is 8. The van der Waals surface area contributed by atoms with Gasteiger partial charge in [-0.3, -0.25) is 0 Å². The van der Waals surface area contributed by atoms with Gasteiger partial charge in [-0.25, -0.2) is 0 Å². The fourth-order valence-electron chi connectivity index (χ4n) is 1.95. The Balaban J connectivity index is 1.78. The van der Waals surface area contributed by atoms with Crippen LogP contribution in [0.15, 0.2) is 61.2 Å². The first-order valence-corrected chi connectivity index (χ1v) is 6.98. The molecule has 3 heteroatoms. The van der Waals surface area contributed by atoms with Crippen LogP contribution in [0.1, 0.15) is 11.1 Å². The Hall–Kier alpha value is -2.26. The van der Waals surface area contributed by atoms with Crippen LogP contribution in [-0.2, 0) is 13.1 Å². The first-order chi connectivity index (χ1) is 10.3. The third kappa shape index (κ3) is 4.97. The van der Waals surface area contributed by atoms with Crippen LogP contribution in [0, 0.1) is 0 Å². The zero-order valence-electron chi connectivity index (χ0n) is 12.3. The number of benzene rings is 2. The highest BCUT2D eigenvalue weighted by atomic mass is 16.5. The average molecular weight is 283 g/mol. The zero-order valence-corrected chi connectivity index (χ0v) is 12.3. The van der Waals surface area contributed by atoms with Crippen molar-refractivity contribution in [1.82, 2.24) is 5.32 Å². The summed E-state index contributed by atoms with van der Waals surface area (Å²) >= 11 is 0. The molecule has 0 atom stereocenters. The molecule has 0 saturated carbocycles. The molecule has 2 rings (SSSR count). The minimum Gasteiger partial charge on any atom is -0.497 e. The van der Waals surface area contributed by atoms with Gasteiger partial charge in [-0.2, -0.15) is 0 Å². The van der Waals surface area contributed by atoms with Crippen LogP contribution in [0.2, 0.25) is 0 Å². The fourth-order valence-corrected chi connectivity index (χ4v) is 1.95. The van der Waals surface area contributed by atoms with Gasteiger partial charge >= 0.3 is 0 Å². The molecule has 2 aromatic carbocycles. The highest BCUT2D eigenvalue weighted by molar-refractivity contribution is 5.28. The first-order valence-electron chi connectivity index (χ1n) is 6.98. The van der Waals surface area contributed by atoms with E-state index in [2.05, 4.69) is 36.2 Å². The summed E-state index contributed by atoms with van der Waals surface area (Å²) in [6.45, 7) is 5.83. The van der Waals surface area contributed by atoms with E-state index in [0.29, 0.717) is 6.61 Å². The van der Waals surface area contributed by atoms with Crippen LogP contribution in [0.3, 0.4) is 0 Å². The molecular weight excluding hydrogens is 262 g/mol. The van der Waals surface area contributed by atoms with E-state index in [0.717, 1.165) is 24.6 Å². The molecule has 0 unspecified atom stereocenters. The van der Waals surface area contributed by atoms with Crippen molar-refractivity contribution in [3.05, 3.63) is 72.3 Å². The average Bonchev–Trinajstić information content (AvgIpc) is 2.55. The van der Waals surface area contributed by atoms with Gasteiger partial charge in [-0.1, -0.05) is 36.9 Å². The quantitative estimate of drug-likeness (QED) is 0.752. The van der Waals surface area contributed by atoms with E-state index in [1.54, 1.807) is 13.2 Å². The Morgan fingerprint density at radius 3 is 1.90 bits per heavy atom. The van der Waals surface area contributed by atoms with Gasteiger partial charge in [0.25, 0.3) is 0 Å². The molecule has 0 spiro atoms. The van der Waals surface area contributed by atoms with Crippen LogP contribution >= 0.6 is 0 Å². The number of hydrogen-bond acceptors (Lipinski definition) is 3. The number of ether oxygens (including phenoxy) is 2. The largest absolute Gasteiger partial charge is 0.497 e. The maximum atomic E-state index is 5.46. The highest BCUT2D eigenvalue weighted by Gasteiger charge is 1.97. The van der Waals surface area contributed by atoms with E-state index in [1.807, 2.05) is 24.3 Å². The number of nitrogens with one attached hydrogen (secondary N) is 1. The van der Waals surface area contributed by atoms with Gasteiger partial charge in [-0.05, 0) is 35.4 Å². The van der Waals surface area contributed by atoms with Gasteiger partial charge < -0.3 is 14.8 Å². The summed E-state index contributed by atoms with van der Waals surface area (Å²) in [4.78, 5) is 0. The summed E-state index contributed by atoms with van der Waals surface area (Å²) in [5, 5.41) is 3.42. The number of methoxy groups -OCH3 is 1. The van der Waals surface area contributed by atoms with Crippen molar-refractivity contribution in [2.45, 2.75) is 13.1 Å². The Morgan fingerprint density at radius 1 is 0.905 bits per heavy atom. The summed E-state index contributed by atoms with van der Waals surface area (Å²) in [6.07, 6.45) is 1.74. The van der Waals surface area contributed by atoms with Crippen molar-refractivity contribution in [1.29, 1.82) is 0 Å². The fraction of sp³-hybridized carbons (Fsp3) is 0.222. The number of hydrogen-bond donors (Lipinski definition) is 1. The van der Waals surface area contributed by atoms with Crippen LogP contribution in [0.5, 0.6) is 11.5 Å². The summed E-state index contributed by atoms with van der Waals surface area (Å²) in [7, 11) is 1.68. The molecule has 2 aromatic rings. The molecule has 0 aliphatic rings. The molecule has 0 saturated heterocycles. The van der Waals surface area contributed by atoms with Crippen molar-refractivity contribution in [3.8, 4) is 11.5 Å². The van der Waals surface area contributed by atoms with Gasteiger partial charge in [0.15, 0.2) is 0 Å². The van der Waals surface area contributed by atoms with Gasteiger partial charge in [0.1, 0.15) is 18.1 Å². The van der Waals surface area contributed by atoms with E-state index < -0.39 is 0 Å². The monoisotopic (exact) mass is 283 g/mol. The Morgan fingerprint density at radius 2 is 1.43 bits per heavy atom. The van der Waals surface area contributed by atoms with Crippen molar-refractivity contribution in [2.75, 3.05) is 13.7 Å². The molecule has 0 bridgehead atoms. The van der Waals surface area contributed by atoms with Gasteiger partial charge in [0.05, 0.1) is 7.11 Å². The molecule has 0 amide bonds. The molecule has 3 nitrogen and oxygen atoms in total. The van der Waals surface area contributed by atoms with E-state index in [4.69, 9.17) is 9.47 Å². The van der Waals surface area contributed by atoms with Crippen molar-refractivity contribution in [2.24, 2.45) is 0 Å². The molecule has 21 heavy (non-hydrogen) atoms. The van der Waals surface area contributed by atoms with Gasteiger partial charge in [-0.15, -0.1) is 0 Å². The Labute approximate surface area is 126 Å². The SMILES string of the molecule is C=CCOc1ccc(CNCc2ccc(OC)cc2)cc1. The highest BCUT2D eigenvalue weighted by Crippen LogP contribution is 2.13. The summed E-state index contributed by atoms with van der Waals surface area (Å²) in [5.74, 6) is 1.75. The van der Waals surface area contributed by atoms with Crippen LogP contribution in [0.4, 0.5) is 0 Å². The third-order valence-corrected chi connectivity index (χ3v) is 3.11. The Bertz CT molecular complexity index is 546. The molecule has 0 aliphatic carbocycles. The van der Waals surface area contributed by atoms with E-state index in [9.17, 15) is 0 Å². The molecule has 0 heterocycles. The normalized spacial score (nSPS) is 10.1. The van der Waals surface area contributed by atoms with E-state index in [-0.39, 0.29) is 0 Å². The van der Waals surface area contributed by atoms with Crippen molar-refractivity contribution >= 4 is 0 Å². The lowest BCUT2D eigenvalue weighted by molar-refractivity contribution is 0.363. The minimum atomic E-state index is 0.537. The molecule has 1 N–H and O–H groups in total. The second kappa shape index (κ2) is 8.12. The smallest absolute Gasteiger partial charge is 0.119 e. The summed E-state index contributed by atoms with van der Waals surface area (Å²) in [5.41, 5.74) is 2.47. The molecule has 0 fully saturated rings. The predicted molar refractivity (Wildman–Crippen MR) is 85.7 cm³/mol. The lowest BCUT2D eigenvalue weighted by atomic mass is 10.2. The van der Waals surface area contributed by atoms with Gasteiger partial charge in [0, 0.05) is 13.1 Å². The van der Waals surface area contributed by atoms with Gasteiger partial charge in [0.2, 0.25) is 0 Å². The maximum Gasteiger partial charge on any atom is 0.119 e. The molecule has 0 aromatic heterocycles. The second-order valence-corrected chi connectivity index (χ2v) is 4.70. The maximum absolute atomic E-state index is 5.46. The van der Waals surface area contributed by atoms with E-state index in [1.165, 1.54) is 11.1 Å². The Kier molecular flexibility index (Phi) is 5.85. The topological polar surface area (TPSA) is 30.5 Å². The third-order valence-electron chi connectivity index (χ3n) is 3.11. The zero-order chi connectivity index (χ0) is 14.9. The molecule has 0 radical (unpaired) electrons. The van der Waals surface area contributed by atoms with Crippen LogP contribution in [-0.4, -0.2) is 13.7 Å². The summed E-state index contributed by atoms with van der Waals surface area (Å²) < 4.78 is 10.6. The molecule has 110 valence electrons. The summed E-state index contributed by atoms with van der Waals surface area (Å²) in [6, 6.07) is 16.2. The minimum absolute atomic E-state index is 0.537. The van der Waals surface area contributed by atoms with E-state index >= 15 is 0 Å². The lowest BCUT2D eigenvalue weighted by Gasteiger charge is -2.07. The van der Waals surface area contributed by atoms with Crippen molar-refractivity contribution in [3.63, 3.8) is 0 Å². The van der Waals surface area contributed by atoms with Crippen LogP contribution < -0.4 is 14.8 Å². The predicted octanol–water partition coefficient (Wildman–Crippen LogP) is 3.55. The molecular formula is C18H21NO2. The van der Waals surface area contributed by atoms with Crippen molar-refractivity contribution < 1.29 is 9.47 Å².